The van der Waals surface area contributed by atoms with Crippen LogP contribution in [0.4, 0.5) is 0 Å². The zero-order valence-corrected chi connectivity index (χ0v) is 16.0. The Balaban J connectivity index is 1.51. The number of nitrogens with zero attached hydrogens (tertiary/aromatic N) is 2. The Kier molecular flexibility index (Phi) is 7.00. The van der Waals surface area contributed by atoms with Crippen molar-refractivity contribution in [2.45, 2.75) is 51.6 Å². The quantitative estimate of drug-likeness (QED) is 0.718. The number of hydrogen-bond donors (Lipinski definition) is 0. The van der Waals surface area contributed by atoms with Gasteiger partial charge in [0.05, 0.1) is 12.7 Å². The molecule has 25 heavy (non-hydrogen) atoms. The molecule has 2 fully saturated rings. The largest absolute Gasteiger partial charge is 0.490 e. The molecule has 0 spiro atoms. The molecule has 0 aromatic heterocycles. The first kappa shape index (κ1) is 18.5. The second kappa shape index (κ2) is 9.44. The predicted octanol–water partition coefficient (Wildman–Crippen LogP) is 3.59. The van der Waals surface area contributed by atoms with Gasteiger partial charge < -0.3 is 19.3 Å². The number of likely N-dealkylation sites (N-methyl/N-ethyl adjacent to an activating group) is 1. The molecule has 0 N–H and O–H groups in total. The van der Waals surface area contributed by atoms with Gasteiger partial charge in [0.25, 0.3) is 0 Å². The van der Waals surface area contributed by atoms with E-state index < -0.39 is 0 Å². The fourth-order valence-electron chi connectivity index (χ4n) is 3.84. The second-order valence-corrected chi connectivity index (χ2v) is 7.49. The summed E-state index contributed by atoms with van der Waals surface area (Å²) in [5.41, 5.74) is 1.36. The van der Waals surface area contributed by atoms with E-state index in [4.69, 9.17) is 9.47 Å². The first-order chi connectivity index (χ1) is 12.2. The lowest BCUT2D eigenvalue weighted by atomic mass is 10.1. The van der Waals surface area contributed by atoms with Gasteiger partial charge in [-0.2, -0.15) is 0 Å². The molecule has 1 aromatic carbocycles. The summed E-state index contributed by atoms with van der Waals surface area (Å²) in [6.45, 7) is 8.72. The molecule has 2 aliphatic rings. The highest BCUT2D eigenvalue weighted by Crippen LogP contribution is 2.33. The Bertz CT molecular complexity index is 521. The molecule has 0 amide bonds. The molecule has 4 nitrogen and oxygen atoms in total. The summed E-state index contributed by atoms with van der Waals surface area (Å²) in [5.74, 6) is 1.85. The zero-order chi connectivity index (χ0) is 17.5. The van der Waals surface area contributed by atoms with Crippen molar-refractivity contribution in [3.8, 4) is 11.5 Å². The third kappa shape index (κ3) is 5.61. The van der Waals surface area contributed by atoms with Crippen LogP contribution in [0.3, 0.4) is 0 Å². The highest BCUT2D eigenvalue weighted by Gasteiger charge is 2.19. The fraction of sp³-hybridized carbons (Fsp3) is 0.714. The van der Waals surface area contributed by atoms with Gasteiger partial charge in [-0.15, -0.1) is 0 Å². The number of benzene rings is 1. The number of piperazine rings is 1. The van der Waals surface area contributed by atoms with Crippen LogP contribution < -0.4 is 9.47 Å². The Morgan fingerprint density at radius 3 is 2.52 bits per heavy atom. The van der Waals surface area contributed by atoms with Crippen molar-refractivity contribution in [2.24, 2.45) is 0 Å². The van der Waals surface area contributed by atoms with Crippen molar-refractivity contribution in [1.82, 2.24) is 9.80 Å². The number of hydrogen-bond acceptors (Lipinski definition) is 4. The van der Waals surface area contributed by atoms with Gasteiger partial charge in [0.2, 0.25) is 0 Å². The van der Waals surface area contributed by atoms with E-state index in [0.717, 1.165) is 17.9 Å². The molecule has 0 bridgehead atoms. The summed E-state index contributed by atoms with van der Waals surface area (Å²) in [7, 11) is 2.21. The van der Waals surface area contributed by atoms with Crippen molar-refractivity contribution in [3.63, 3.8) is 0 Å². The number of aryl methyl sites for hydroxylation is 1. The molecule has 4 heteroatoms. The van der Waals surface area contributed by atoms with E-state index in [1.807, 2.05) is 6.92 Å². The standard InChI is InChI=1S/C21H34N2O2/c1-3-24-21-17-18(7-6-12-23-15-13-22(2)14-16-23)10-11-20(21)25-19-8-4-5-9-19/h10-11,17,19H,3-9,12-16H2,1-2H3. The minimum atomic E-state index is 0.377. The monoisotopic (exact) mass is 346 g/mol. The smallest absolute Gasteiger partial charge is 0.161 e. The normalized spacial score (nSPS) is 20.1. The molecular formula is C21H34N2O2. The van der Waals surface area contributed by atoms with Crippen molar-refractivity contribution in [1.29, 1.82) is 0 Å². The van der Waals surface area contributed by atoms with Crippen molar-refractivity contribution in [2.75, 3.05) is 46.4 Å². The van der Waals surface area contributed by atoms with Gasteiger partial charge in [-0.1, -0.05) is 6.07 Å². The lowest BCUT2D eigenvalue weighted by molar-refractivity contribution is 0.153. The summed E-state index contributed by atoms with van der Waals surface area (Å²) in [6.07, 6.45) is 7.63. The molecule has 1 saturated carbocycles. The van der Waals surface area contributed by atoms with Crippen LogP contribution in [0.15, 0.2) is 18.2 Å². The topological polar surface area (TPSA) is 24.9 Å². The van der Waals surface area contributed by atoms with Crippen LogP contribution in [-0.4, -0.2) is 62.3 Å². The first-order valence-electron chi connectivity index (χ1n) is 10.1. The second-order valence-electron chi connectivity index (χ2n) is 7.49. The lowest BCUT2D eigenvalue weighted by Gasteiger charge is -2.32. The number of ether oxygens (including phenoxy) is 2. The summed E-state index contributed by atoms with van der Waals surface area (Å²) < 4.78 is 12.0. The average molecular weight is 347 g/mol. The van der Waals surface area contributed by atoms with E-state index in [0.29, 0.717) is 12.7 Å². The van der Waals surface area contributed by atoms with Gasteiger partial charge in [-0.05, 0) is 76.7 Å². The molecule has 3 rings (SSSR count). The van der Waals surface area contributed by atoms with Crippen molar-refractivity contribution >= 4 is 0 Å². The number of rotatable bonds is 8. The molecule has 1 aliphatic carbocycles. The zero-order valence-electron chi connectivity index (χ0n) is 16.0. The molecule has 0 atom stereocenters. The fourth-order valence-corrected chi connectivity index (χ4v) is 3.84. The molecule has 140 valence electrons. The van der Waals surface area contributed by atoms with Gasteiger partial charge >= 0.3 is 0 Å². The predicted molar refractivity (Wildman–Crippen MR) is 103 cm³/mol. The van der Waals surface area contributed by atoms with Crippen LogP contribution in [-0.2, 0) is 6.42 Å². The minimum absolute atomic E-state index is 0.377. The molecule has 0 radical (unpaired) electrons. The maximum Gasteiger partial charge on any atom is 0.161 e. The van der Waals surface area contributed by atoms with E-state index in [-0.39, 0.29) is 0 Å². The van der Waals surface area contributed by atoms with Crippen molar-refractivity contribution in [3.05, 3.63) is 23.8 Å². The highest BCUT2D eigenvalue weighted by atomic mass is 16.5. The molecule has 1 saturated heterocycles. The van der Waals surface area contributed by atoms with Crippen molar-refractivity contribution < 1.29 is 9.47 Å². The first-order valence-corrected chi connectivity index (χ1v) is 10.1. The Hall–Kier alpha value is -1.26. The van der Waals surface area contributed by atoms with E-state index >= 15 is 0 Å². The lowest BCUT2D eigenvalue weighted by Crippen LogP contribution is -2.44. The molecule has 1 aromatic rings. The molecular weight excluding hydrogens is 312 g/mol. The van der Waals surface area contributed by atoms with Gasteiger partial charge in [-0.3, -0.25) is 0 Å². The summed E-state index contributed by atoms with van der Waals surface area (Å²) in [6, 6.07) is 6.53. The van der Waals surface area contributed by atoms with Gasteiger partial charge in [0.1, 0.15) is 0 Å². The van der Waals surface area contributed by atoms with Crippen LogP contribution >= 0.6 is 0 Å². The molecule has 0 unspecified atom stereocenters. The van der Waals surface area contributed by atoms with Crippen LogP contribution in [0.25, 0.3) is 0 Å². The Morgan fingerprint density at radius 1 is 1.04 bits per heavy atom. The summed E-state index contributed by atoms with van der Waals surface area (Å²) in [5, 5.41) is 0. The Morgan fingerprint density at radius 2 is 1.80 bits per heavy atom. The maximum absolute atomic E-state index is 6.19. The van der Waals surface area contributed by atoms with Crippen LogP contribution in [0.5, 0.6) is 11.5 Å². The van der Waals surface area contributed by atoms with Gasteiger partial charge in [0, 0.05) is 26.2 Å². The van der Waals surface area contributed by atoms with Crippen LogP contribution in [0, 0.1) is 0 Å². The Labute approximate surface area is 153 Å². The van der Waals surface area contributed by atoms with Crippen LogP contribution in [0.1, 0.15) is 44.6 Å². The average Bonchev–Trinajstić information content (AvgIpc) is 3.12. The van der Waals surface area contributed by atoms with E-state index in [1.165, 1.54) is 70.4 Å². The van der Waals surface area contributed by atoms with Gasteiger partial charge in [0.15, 0.2) is 11.5 Å². The maximum atomic E-state index is 6.19. The van der Waals surface area contributed by atoms with E-state index in [2.05, 4.69) is 35.0 Å². The third-order valence-electron chi connectivity index (χ3n) is 5.44. The highest BCUT2D eigenvalue weighted by molar-refractivity contribution is 5.43. The molecule has 1 heterocycles. The SMILES string of the molecule is CCOc1cc(CCCN2CCN(C)CC2)ccc1OC1CCCC1. The minimum Gasteiger partial charge on any atom is -0.490 e. The third-order valence-corrected chi connectivity index (χ3v) is 5.44. The van der Waals surface area contributed by atoms with Gasteiger partial charge in [-0.25, -0.2) is 0 Å². The molecule has 1 aliphatic heterocycles. The van der Waals surface area contributed by atoms with Crippen LogP contribution in [0.2, 0.25) is 0 Å². The van der Waals surface area contributed by atoms with E-state index in [1.54, 1.807) is 0 Å². The van der Waals surface area contributed by atoms with E-state index in [9.17, 15) is 0 Å². The summed E-state index contributed by atoms with van der Waals surface area (Å²) in [4.78, 5) is 5.00. The summed E-state index contributed by atoms with van der Waals surface area (Å²) >= 11 is 0.